The number of hydrogen-bond acceptors (Lipinski definition) is 3. The molecular weight excluding hydrogens is 246 g/mol. The third-order valence-electron chi connectivity index (χ3n) is 3.52. The molecule has 3 nitrogen and oxygen atoms in total. The Labute approximate surface area is 114 Å². The van der Waals surface area contributed by atoms with Gasteiger partial charge in [-0.1, -0.05) is 38.8 Å². The van der Waals surface area contributed by atoms with Crippen LogP contribution < -0.4 is 5.32 Å². The van der Waals surface area contributed by atoms with Gasteiger partial charge in [0.1, 0.15) is 16.8 Å². The number of nitrogens with zero attached hydrogens (tertiary/aromatic N) is 2. The molecule has 2 atom stereocenters. The third kappa shape index (κ3) is 2.94. The van der Waals surface area contributed by atoms with E-state index in [9.17, 15) is 0 Å². The minimum atomic E-state index is 0.300. The van der Waals surface area contributed by atoms with Crippen molar-refractivity contribution < 1.29 is 0 Å². The standard InChI is InChI=1S/C14H22ClN3/c1-5-6-10-7-11(10)16-14-9(4)12(15)17-13(18-14)8(2)3/h8,10-11H,5-7H2,1-4H3,(H,16,17,18). The summed E-state index contributed by atoms with van der Waals surface area (Å²) in [6.45, 7) is 8.38. The van der Waals surface area contributed by atoms with Gasteiger partial charge in [-0.25, -0.2) is 9.97 Å². The van der Waals surface area contributed by atoms with E-state index in [1.807, 2.05) is 6.92 Å². The van der Waals surface area contributed by atoms with Gasteiger partial charge in [0.2, 0.25) is 0 Å². The van der Waals surface area contributed by atoms with E-state index in [1.54, 1.807) is 0 Å². The molecule has 1 N–H and O–H groups in total. The fraction of sp³-hybridized carbons (Fsp3) is 0.714. The highest BCUT2D eigenvalue weighted by Crippen LogP contribution is 2.38. The van der Waals surface area contributed by atoms with Crippen LogP contribution in [0.4, 0.5) is 5.82 Å². The summed E-state index contributed by atoms with van der Waals surface area (Å²) in [5.74, 6) is 2.85. The van der Waals surface area contributed by atoms with Crippen LogP contribution >= 0.6 is 11.6 Å². The molecule has 2 rings (SSSR count). The number of rotatable bonds is 5. The molecule has 18 heavy (non-hydrogen) atoms. The Morgan fingerprint density at radius 2 is 2.11 bits per heavy atom. The zero-order valence-electron chi connectivity index (χ0n) is 11.6. The molecule has 0 saturated heterocycles. The van der Waals surface area contributed by atoms with Crippen molar-refractivity contribution in [3.05, 3.63) is 16.5 Å². The number of anilines is 1. The van der Waals surface area contributed by atoms with Crippen LogP contribution in [0, 0.1) is 12.8 Å². The zero-order chi connectivity index (χ0) is 13.3. The Morgan fingerprint density at radius 3 is 2.72 bits per heavy atom. The number of halogens is 1. The monoisotopic (exact) mass is 267 g/mol. The lowest BCUT2D eigenvalue weighted by Crippen LogP contribution is -2.11. The topological polar surface area (TPSA) is 37.8 Å². The maximum Gasteiger partial charge on any atom is 0.137 e. The van der Waals surface area contributed by atoms with Crippen LogP contribution in [0.3, 0.4) is 0 Å². The summed E-state index contributed by atoms with van der Waals surface area (Å²) in [7, 11) is 0. The molecule has 0 bridgehead atoms. The second-order valence-corrected chi connectivity index (χ2v) is 5.89. The summed E-state index contributed by atoms with van der Waals surface area (Å²) in [6, 6.07) is 0.578. The van der Waals surface area contributed by atoms with E-state index >= 15 is 0 Å². The van der Waals surface area contributed by atoms with Gasteiger partial charge < -0.3 is 5.32 Å². The summed E-state index contributed by atoms with van der Waals surface area (Å²) in [5, 5.41) is 4.09. The first-order valence-corrected chi connectivity index (χ1v) is 7.21. The molecule has 2 unspecified atom stereocenters. The van der Waals surface area contributed by atoms with Crippen LogP contribution in [-0.2, 0) is 0 Å². The van der Waals surface area contributed by atoms with Crippen molar-refractivity contribution >= 4 is 17.4 Å². The average Bonchev–Trinajstić information content (AvgIpc) is 3.03. The first-order valence-electron chi connectivity index (χ1n) is 6.83. The van der Waals surface area contributed by atoms with E-state index in [4.69, 9.17) is 11.6 Å². The maximum absolute atomic E-state index is 6.17. The molecule has 1 aliphatic rings. The van der Waals surface area contributed by atoms with Gasteiger partial charge >= 0.3 is 0 Å². The average molecular weight is 268 g/mol. The van der Waals surface area contributed by atoms with E-state index in [-0.39, 0.29) is 0 Å². The molecule has 1 aliphatic carbocycles. The fourth-order valence-corrected chi connectivity index (χ4v) is 2.37. The number of hydrogen-bond donors (Lipinski definition) is 1. The zero-order valence-corrected chi connectivity index (χ0v) is 12.4. The molecule has 1 fully saturated rings. The molecule has 1 saturated carbocycles. The Balaban J connectivity index is 2.12. The quantitative estimate of drug-likeness (QED) is 0.814. The van der Waals surface area contributed by atoms with Gasteiger partial charge in [-0.15, -0.1) is 0 Å². The van der Waals surface area contributed by atoms with Crippen molar-refractivity contribution in [3.8, 4) is 0 Å². The fourth-order valence-electron chi connectivity index (χ4n) is 2.19. The first kappa shape index (κ1) is 13.6. The molecule has 1 heterocycles. The SMILES string of the molecule is CCCC1CC1Nc1nc(C(C)C)nc(Cl)c1C. The smallest absolute Gasteiger partial charge is 0.137 e. The molecule has 100 valence electrons. The van der Waals surface area contributed by atoms with Gasteiger partial charge in [0, 0.05) is 17.5 Å². The van der Waals surface area contributed by atoms with Crippen molar-refractivity contribution in [2.75, 3.05) is 5.32 Å². The van der Waals surface area contributed by atoms with Crippen molar-refractivity contribution in [1.29, 1.82) is 0 Å². The van der Waals surface area contributed by atoms with Gasteiger partial charge in [-0.3, -0.25) is 0 Å². The maximum atomic E-state index is 6.17. The minimum Gasteiger partial charge on any atom is -0.367 e. The predicted molar refractivity (Wildman–Crippen MR) is 76.3 cm³/mol. The normalized spacial score (nSPS) is 22.3. The number of aromatic nitrogens is 2. The summed E-state index contributed by atoms with van der Waals surface area (Å²) in [6.07, 6.45) is 3.81. The highest BCUT2D eigenvalue weighted by Gasteiger charge is 2.36. The molecule has 0 amide bonds. The van der Waals surface area contributed by atoms with Gasteiger partial charge in [0.05, 0.1) is 0 Å². The molecule has 1 aromatic rings. The summed E-state index contributed by atoms with van der Waals surface area (Å²) >= 11 is 6.17. The third-order valence-corrected chi connectivity index (χ3v) is 3.89. The number of nitrogens with one attached hydrogen (secondary N) is 1. The van der Waals surface area contributed by atoms with Gasteiger partial charge in [-0.05, 0) is 25.7 Å². The van der Waals surface area contributed by atoms with Crippen molar-refractivity contribution in [1.82, 2.24) is 9.97 Å². The Hall–Kier alpha value is -0.830. The van der Waals surface area contributed by atoms with E-state index in [2.05, 4.69) is 36.1 Å². The van der Waals surface area contributed by atoms with Gasteiger partial charge in [0.15, 0.2) is 0 Å². The van der Waals surface area contributed by atoms with Crippen LogP contribution in [-0.4, -0.2) is 16.0 Å². The lowest BCUT2D eigenvalue weighted by Gasteiger charge is -2.12. The molecule has 0 aromatic carbocycles. The summed E-state index contributed by atoms with van der Waals surface area (Å²) < 4.78 is 0. The second kappa shape index (κ2) is 5.43. The van der Waals surface area contributed by atoms with Crippen LogP contribution in [0.15, 0.2) is 0 Å². The Morgan fingerprint density at radius 1 is 1.39 bits per heavy atom. The second-order valence-electron chi connectivity index (χ2n) is 5.54. The van der Waals surface area contributed by atoms with Gasteiger partial charge in [-0.2, -0.15) is 0 Å². The Bertz CT molecular complexity index is 431. The van der Waals surface area contributed by atoms with Gasteiger partial charge in [0.25, 0.3) is 0 Å². The molecule has 0 aliphatic heterocycles. The van der Waals surface area contributed by atoms with E-state index in [0.29, 0.717) is 17.1 Å². The predicted octanol–water partition coefficient (Wildman–Crippen LogP) is 4.16. The molecule has 1 aromatic heterocycles. The molecule has 0 radical (unpaired) electrons. The van der Waals surface area contributed by atoms with Crippen molar-refractivity contribution in [2.45, 2.75) is 58.9 Å². The highest BCUT2D eigenvalue weighted by molar-refractivity contribution is 6.30. The largest absolute Gasteiger partial charge is 0.367 e. The summed E-state index contributed by atoms with van der Waals surface area (Å²) in [4.78, 5) is 8.93. The lowest BCUT2D eigenvalue weighted by molar-refractivity contribution is 0.691. The van der Waals surface area contributed by atoms with E-state index in [0.717, 1.165) is 23.1 Å². The first-order chi connectivity index (χ1) is 8.52. The minimum absolute atomic E-state index is 0.300. The van der Waals surface area contributed by atoms with Crippen LogP contribution in [0.5, 0.6) is 0 Å². The Kier molecular flexibility index (Phi) is 4.10. The van der Waals surface area contributed by atoms with Crippen molar-refractivity contribution in [2.24, 2.45) is 5.92 Å². The van der Waals surface area contributed by atoms with Crippen LogP contribution in [0.1, 0.15) is 57.3 Å². The molecule has 4 heteroatoms. The van der Waals surface area contributed by atoms with E-state index < -0.39 is 0 Å². The van der Waals surface area contributed by atoms with Crippen molar-refractivity contribution in [3.63, 3.8) is 0 Å². The highest BCUT2D eigenvalue weighted by atomic mass is 35.5. The van der Waals surface area contributed by atoms with Crippen LogP contribution in [0.2, 0.25) is 5.15 Å². The van der Waals surface area contributed by atoms with E-state index in [1.165, 1.54) is 19.3 Å². The summed E-state index contributed by atoms with van der Waals surface area (Å²) in [5.41, 5.74) is 0.961. The molecular formula is C14H22ClN3. The van der Waals surface area contributed by atoms with Crippen LogP contribution in [0.25, 0.3) is 0 Å². The molecule has 0 spiro atoms. The lowest BCUT2D eigenvalue weighted by atomic mass is 10.2.